The van der Waals surface area contributed by atoms with E-state index in [0.717, 1.165) is 5.56 Å². The van der Waals surface area contributed by atoms with Gasteiger partial charge in [-0.2, -0.15) is 0 Å². The van der Waals surface area contributed by atoms with Crippen LogP contribution in [0.4, 0.5) is 0 Å². The molecule has 1 rings (SSSR count). The Kier molecular flexibility index (Phi) is 6.87. The van der Waals surface area contributed by atoms with E-state index in [0.29, 0.717) is 17.2 Å². The molecule has 0 spiro atoms. The van der Waals surface area contributed by atoms with Gasteiger partial charge in [-0.25, -0.2) is 4.79 Å². The Hall–Kier alpha value is -2.43. The second-order valence-electron chi connectivity index (χ2n) is 4.03. The first-order valence-corrected chi connectivity index (χ1v) is 6.41. The summed E-state index contributed by atoms with van der Waals surface area (Å²) in [6, 6.07) is 3.48. The summed E-state index contributed by atoms with van der Waals surface area (Å²) in [7, 11) is 4.60. The molecule has 1 aromatic rings. The Labute approximate surface area is 124 Å². The fraction of sp³-hybridized carbons (Fsp3) is 0.312. The molecule has 0 saturated carbocycles. The Morgan fingerprint density at radius 2 is 1.67 bits per heavy atom. The van der Waals surface area contributed by atoms with Crippen LogP contribution in [0.15, 0.2) is 36.4 Å². The van der Waals surface area contributed by atoms with Crippen molar-refractivity contribution in [3.05, 3.63) is 42.0 Å². The van der Waals surface area contributed by atoms with E-state index in [1.807, 2.05) is 13.0 Å². The number of allylic oxidation sites excluding steroid dienone is 3. The number of esters is 1. The first-order chi connectivity index (χ1) is 10.2. The van der Waals surface area contributed by atoms with E-state index in [2.05, 4.69) is 0 Å². The zero-order chi connectivity index (χ0) is 15.7. The molecule has 0 unspecified atom stereocenters. The first kappa shape index (κ1) is 16.6. The molecule has 5 nitrogen and oxygen atoms in total. The van der Waals surface area contributed by atoms with Gasteiger partial charge in [0.25, 0.3) is 0 Å². The number of rotatable bonds is 7. The van der Waals surface area contributed by atoms with Crippen molar-refractivity contribution in [3.63, 3.8) is 0 Å². The van der Waals surface area contributed by atoms with Crippen LogP contribution in [0, 0.1) is 0 Å². The number of hydrogen-bond acceptors (Lipinski definition) is 5. The van der Waals surface area contributed by atoms with Gasteiger partial charge in [0.2, 0.25) is 5.75 Å². The lowest BCUT2D eigenvalue weighted by Crippen LogP contribution is -2.02. The zero-order valence-corrected chi connectivity index (χ0v) is 12.7. The second kappa shape index (κ2) is 8.68. The van der Waals surface area contributed by atoms with Gasteiger partial charge in [-0.3, -0.25) is 0 Å². The van der Waals surface area contributed by atoms with Crippen LogP contribution in [0.1, 0.15) is 12.5 Å². The summed E-state index contributed by atoms with van der Waals surface area (Å²) in [5.41, 5.74) is 0.747. The van der Waals surface area contributed by atoms with Crippen LogP contribution in [0.25, 0.3) is 0 Å². The molecule has 0 radical (unpaired) electrons. The standard InChI is InChI=1S/C16H20O5/c1-5-6-7-8-15(17)21-11-12-9-13(18-2)16(20-4)14(10-12)19-3/h5-10H,11H2,1-4H3/b6-5+,8-7+. The Morgan fingerprint density at radius 3 is 2.14 bits per heavy atom. The summed E-state index contributed by atoms with van der Waals surface area (Å²) in [5.74, 6) is 1.13. The topological polar surface area (TPSA) is 54.0 Å². The third kappa shape index (κ3) is 4.87. The zero-order valence-electron chi connectivity index (χ0n) is 12.7. The molecule has 0 aliphatic heterocycles. The largest absolute Gasteiger partial charge is 0.493 e. The van der Waals surface area contributed by atoms with Gasteiger partial charge in [0.1, 0.15) is 6.61 Å². The van der Waals surface area contributed by atoms with Crippen LogP contribution in [0.5, 0.6) is 17.2 Å². The third-order valence-corrected chi connectivity index (χ3v) is 2.64. The molecule has 0 N–H and O–H groups in total. The van der Waals surface area contributed by atoms with Crippen molar-refractivity contribution in [2.75, 3.05) is 21.3 Å². The summed E-state index contributed by atoms with van der Waals surface area (Å²) in [4.78, 5) is 11.5. The lowest BCUT2D eigenvalue weighted by molar-refractivity contribution is -0.139. The highest BCUT2D eigenvalue weighted by Gasteiger charge is 2.13. The molecule has 0 aliphatic carbocycles. The quantitative estimate of drug-likeness (QED) is 0.439. The average molecular weight is 292 g/mol. The maximum absolute atomic E-state index is 11.5. The minimum absolute atomic E-state index is 0.121. The van der Waals surface area contributed by atoms with Crippen LogP contribution >= 0.6 is 0 Å². The Bertz CT molecular complexity index is 506. The molecule has 0 bridgehead atoms. The predicted molar refractivity (Wildman–Crippen MR) is 79.8 cm³/mol. The van der Waals surface area contributed by atoms with Crippen molar-refractivity contribution in [2.24, 2.45) is 0 Å². The van der Waals surface area contributed by atoms with E-state index in [-0.39, 0.29) is 6.61 Å². The summed E-state index contributed by atoms with van der Waals surface area (Å²) < 4.78 is 20.8. The highest BCUT2D eigenvalue weighted by molar-refractivity contribution is 5.82. The average Bonchev–Trinajstić information content (AvgIpc) is 2.51. The van der Waals surface area contributed by atoms with Gasteiger partial charge in [-0.05, 0) is 24.6 Å². The van der Waals surface area contributed by atoms with Crippen LogP contribution < -0.4 is 14.2 Å². The second-order valence-corrected chi connectivity index (χ2v) is 4.03. The van der Waals surface area contributed by atoms with E-state index in [9.17, 15) is 4.79 Å². The van der Waals surface area contributed by atoms with Gasteiger partial charge in [0.15, 0.2) is 11.5 Å². The minimum Gasteiger partial charge on any atom is -0.493 e. The van der Waals surface area contributed by atoms with Crippen LogP contribution in [0.2, 0.25) is 0 Å². The minimum atomic E-state index is -0.415. The summed E-state index contributed by atoms with van der Waals surface area (Å²) >= 11 is 0. The van der Waals surface area contributed by atoms with Gasteiger partial charge in [-0.1, -0.05) is 18.2 Å². The summed E-state index contributed by atoms with van der Waals surface area (Å²) in [5, 5.41) is 0. The fourth-order valence-electron chi connectivity index (χ4n) is 1.67. The number of ether oxygens (including phenoxy) is 4. The predicted octanol–water partition coefficient (Wildman–Crippen LogP) is 2.89. The molecule has 114 valence electrons. The monoisotopic (exact) mass is 292 g/mol. The summed E-state index contributed by atoms with van der Waals surface area (Å²) in [6.07, 6.45) is 6.55. The van der Waals surface area contributed by atoms with Gasteiger partial charge in [0.05, 0.1) is 21.3 Å². The van der Waals surface area contributed by atoms with E-state index >= 15 is 0 Å². The van der Waals surface area contributed by atoms with Crippen LogP contribution in [-0.2, 0) is 16.1 Å². The lowest BCUT2D eigenvalue weighted by atomic mass is 10.2. The van der Waals surface area contributed by atoms with Crippen molar-refractivity contribution in [3.8, 4) is 17.2 Å². The normalized spacial score (nSPS) is 10.9. The van der Waals surface area contributed by atoms with Gasteiger partial charge >= 0.3 is 5.97 Å². The van der Waals surface area contributed by atoms with E-state index in [1.54, 1.807) is 24.3 Å². The molecular weight excluding hydrogens is 272 g/mol. The van der Waals surface area contributed by atoms with Crippen LogP contribution in [-0.4, -0.2) is 27.3 Å². The van der Waals surface area contributed by atoms with Gasteiger partial charge in [0, 0.05) is 6.08 Å². The maximum Gasteiger partial charge on any atom is 0.331 e. The molecule has 1 aromatic carbocycles. The molecule has 0 saturated heterocycles. The fourth-order valence-corrected chi connectivity index (χ4v) is 1.67. The van der Waals surface area contributed by atoms with Crippen molar-refractivity contribution < 1.29 is 23.7 Å². The smallest absolute Gasteiger partial charge is 0.331 e. The third-order valence-electron chi connectivity index (χ3n) is 2.64. The Morgan fingerprint density at radius 1 is 1.05 bits per heavy atom. The number of benzene rings is 1. The van der Waals surface area contributed by atoms with Gasteiger partial charge < -0.3 is 18.9 Å². The first-order valence-electron chi connectivity index (χ1n) is 6.41. The SMILES string of the molecule is C/C=C/C=C/C(=O)OCc1cc(OC)c(OC)c(OC)c1. The molecule has 0 heterocycles. The summed E-state index contributed by atoms with van der Waals surface area (Å²) in [6.45, 7) is 1.99. The molecule has 0 aromatic heterocycles. The van der Waals surface area contributed by atoms with Crippen molar-refractivity contribution in [1.82, 2.24) is 0 Å². The van der Waals surface area contributed by atoms with Crippen molar-refractivity contribution >= 4 is 5.97 Å². The van der Waals surface area contributed by atoms with Crippen LogP contribution in [0.3, 0.4) is 0 Å². The number of carbonyl (C=O) groups is 1. The van der Waals surface area contributed by atoms with Crippen molar-refractivity contribution in [2.45, 2.75) is 13.5 Å². The van der Waals surface area contributed by atoms with E-state index in [4.69, 9.17) is 18.9 Å². The molecular formula is C16H20O5. The Balaban J connectivity index is 2.82. The highest BCUT2D eigenvalue weighted by Crippen LogP contribution is 2.38. The molecule has 0 aliphatic rings. The molecule has 5 heteroatoms. The molecule has 21 heavy (non-hydrogen) atoms. The number of carbonyl (C=O) groups excluding carboxylic acids is 1. The molecule has 0 atom stereocenters. The van der Waals surface area contributed by atoms with Gasteiger partial charge in [-0.15, -0.1) is 0 Å². The molecule has 0 amide bonds. The number of hydrogen-bond donors (Lipinski definition) is 0. The van der Waals surface area contributed by atoms with E-state index < -0.39 is 5.97 Å². The number of methoxy groups -OCH3 is 3. The maximum atomic E-state index is 11.5. The van der Waals surface area contributed by atoms with E-state index in [1.165, 1.54) is 27.4 Å². The lowest BCUT2D eigenvalue weighted by Gasteiger charge is -2.14. The van der Waals surface area contributed by atoms with Crippen molar-refractivity contribution in [1.29, 1.82) is 0 Å². The molecule has 0 fully saturated rings. The highest BCUT2D eigenvalue weighted by atomic mass is 16.5.